The quantitative estimate of drug-likeness (QED) is 0.573. The second-order valence-corrected chi connectivity index (χ2v) is 6.90. The zero-order valence-corrected chi connectivity index (χ0v) is 16.7. The fraction of sp³-hybridized carbons (Fsp3) is 0.292. The fourth-order valence-corrected chi connectivity index (χ4v) is 3.18. The van der Waals surface area contributed by atoms with Crippen LogP contribution in [0.4, 0.5) is 0 Å². The van der Waals surface area contributed by atoms with Crippen molar-refractivity contribution in [3.63, 3.8) is 0 Å². The Morgan fingerprint density at radius 3 is 2.57 bits per heavy atom. The molecule has 0 aliphatic carbocycles. The van der Waals surface area contributed by atoms with Crippen LogP contribution in [0.1, 0.15) is 24.5 Å². The SMILES string of the molecule is CC[C@H](Oc1ccc(C)cc1C)C(=O)NCCOc1cccc2ccccc12. The molecule has 0 saturated carbocycles. The van der Waals surface area contributed by atoms with E-state index in [-0.39, 0.29) is 5.91 Å². The molecule has 28 heavy (non-hydrogen) atoms. The molecule has 3 aromatic carbocycles. The number of benzene rings is 3. The van der Waals surface area contributed by atoms with E-state index in [0.29, 0.717) is 19.6 Å². The number of aryl methyl sites for hydroxylation is 2. The van der Waals surface area contributed by atoms with Gasteiger partial charge in [0.25, 0.3) is 5.91 Å². The molecule has 4 nitrogen and oxygen atoms in total. The highest BCUT2D eigenvalue weighted by Gasteiger charge is 2.18. The second-order valence-electron chi connectivity index (χ2n) is 6.90. The molecular formula is C24H27NO3. The Morgan fingerprint density at radius 1 is 1.00 bits per heavy atom. The third kappa shape index (κ3) is 4.83. The minimum Gasteiger partial charge on any atom is -0.491 e. The first-order valence-electron chi connectivity index (χ1n) is 9.70. The molecule has 1 atom stereocenters. The Bertz CT molecular complexity index is 946. The summed E-state index contributed by atoms with van der Waals surface area (Å²) >= 11 is 0. The highest BCUT2D eigenvalue weighted by Crippen LogP contribution is 2.25. The van der Waals surface area contributed by atoms with Crippen LogP contribution < -0.4 is 14.8 Å². The van der Waals surface area contributed by atoms with Crippen molar-refractivity contribution in [1.82, 2.24) is 5.32 Å². The first-order valence-corrected chi connectivity index (χ1v) is 9.70. The molecule has 3 aromatic rings. The van der Waals surface area contributed by atoms with Crippen molar-refractivity contribution >= 4 is 16.7 Å². The summed E-state index contributed by atoms with van der Waals surface area (Å²) < 4.78 is 11.8. The minimum atomic E-state index is -0.515. The molecule has 4 heteroatoms. The van der Waals surface area contributed by atoms with Crippen LogP contribution in [0, 0.1) is 13.8 Å². The number of hydrogen-bond donors (Lipinski definition) is 1. The Morgan fingerprint density at radius 2 is 1.79 bits per heavy atom. The predicted octanol–water partition coefficient (Wildman–Crippen LogP) is 4.81. The van der Waals surface area contributed by atoms with Crippen molar-refractivity contribution < 1.29 is 14.3 Å². The first kappa shape index (κ1) is 19.7. The average molecular weight is 377 g/mol. The lowest BCUT2D eigenvalue weighted by molar-refractivity contribution is -0.128. The van der Waals surface area contributed by atoms with Crippen molar-refractivity contribution in [2.45, 2.75) is 33.3 Å². The standard InChI is InChI=1S/C24H27NO3/c1-4-21(28-22-13-12-17(2)16-18(22)3)24(26)25-14-15-27-23-11-7-9-19-8-5-6-10-20(19)23/h5-13,16,21H,4,14-15H2,1-3H3,(H,25,26)/t21-/m0/s1. The van der Waals surface area contributed by atoms with Crippen molar-refractivity contribution in [3.05, 3.63) is 71.8 Å². The number of nitrogens with one attached hydrogen (secondary N) is 1. The number of carbonyl (C=O) groups is 1. The van der Waals surface area contributed by atoms with Gasteiger partial charge in [-0.2, -0.15) is 0 Å². The molecule has 0 bridgehead atoms. The topological polar surface area (TPSA) is 47.6 Å². The maximum atomic E-state index is 12.5. The molecule has 0 spiro atoms. The molecule has 0 aliphatic rings. The Hall–Kier alpha value is -3.01. The number of hydrogen-bond acceptors (Lipinski definition) is 3. The lowest BCUT2D eigenvalue weighted by Gasteiger charge is -2.19. The van der Waals surface area contributed by atoms with Crippen LogP contribution in [0.5, 0.6) is 11.5 Å². The van der Waals surface area contributed by atoms with Crippen LogP contribution in [0.15, 0.2) is 60.7 Å². The number of carbonyl (C=O) groups excluding carboxylic acids is 1. The van der Waals surface area contributed by atoms with Gasteiger partial charge in [0.05, 0.1) is 6.54 Å². The number of ether oxygens (including phenoxy) is 2. The molecule has 0 aliphatic heterocycles. The van der Waals surface area contributed by atoms with E-state index >= 15 is 0 Å². The highest BCUT2D eigenvalue weighted by atomic mass is 16.5. The van der Waals surface area contributed by atoms with Gasteiger partial charge in [-0.1, -0.05) is 61.0 Å². The van der Waals surface area contributed by atoms with E-state index in [1.54, 1.807) is 0 Å². The van der Waals surface area contributed by atoms with E-state index in [1.807, 2.05) is 63.2 Å². The van der Waals surface area contributed by atoms with Gasteiger partial charge in [0.1, 0.15) is 18.1 Å². The van der Waals surface area contributed by atoms with E-state index in [1.165, 1.54) is 5.56 Å². The third-order valence-electron chi connectivity index (χ3n) is 4.67. The summed E-state index contributed by atoms with van der Waals surface area (Å²) in [6.45, 7) is 6.80. The summed E-state index contributed by atoms with van der Waals surface area (Å²) in [6.07, 6.45) is 0.0857. The summed E-state index contributed by atoms with van der Waals surface area (Å²) in [5.74, 6) is 1.45. The molecule has 0 unspecified atom stereocenters. The molecule has 0 fully saturated rings. The Labute approximate surface area is 166 Å². The predicted molar refractivity (Wildman–Crippen MR) is 113 cm³/mol. The molecule has 0 heterocycles. The molecule has 146 valence electrons. The summed E-state index contributed by atoms with van der Waals surface area (Å²) in [5, 5.41) is 5.12. The van der Waals surface area contributed by atoms with Gasteiger partial charge in [-0.25, -0.2) is 0 Å². The van der Waals surface area contributed by atoms with Crippen LogP contribution in [-0.2, 0) is 4.79 Å². The van der Waals surface area contributed by atoms with E-state index in [9.17, 15) is 4.79 Å². The zero-order valence-electron chi connectivity index (χ0n) is 16.7. The van der Waals surface area contributed by atoms with Gasteiger partial charge >= 0.3 is 0 Å². The van der Waals surface area contributed by atoms with Crippen molar-refractivity contribution in [2.24, 2.45) is 0 Å². The summed E-state index contributed by atoms with van der Waals surface area (Å²) in [4.78, 5) is 12.5. The molecule has 1 N–H and O–H groups in total. The molecule has 3 rings (SSSR count). The van der Waals surface area contributed by atoms with Crippen LogP contribution >= 0.6 is 0 Å². The third-order valence-corrected chi connectivity index (χ3v) is 4.67. The van der Waals surface area contributed by atoms with Crippen LogP contribution in [-0.4, -0.2) is 25.2 Å². The smallest absolute Gasteiger partial charge is 0.261 e. The summed E-state index contributed by atoms with van der Waals surface area (Å²) in [7, 11) is 0. The fourth-order valence-electron chi connectivity index (χ4n) is 3.18. The Kier molecular flexibility index (Phi) is 6.53. The van der Waals surface area contributed by atoms with Gasteiger partial charge in [-0.15, -0.1) is 0 Å². The van der Waals surface area contributed by atoms with E-state index in [4.69, 9.17) is 9.47 Å². The van der Waals surface area contributed by atoms with Gasteiger partial charge in [-0.3, -0.25) is 4.79 Å². The van der Waals surface area contributed by atoms with Crippen molar-refractivity contribution in [2.75, 3.05) is 13.2 Å². The molecule has 0 saturated heterocycles. The van der Waals surface area contributed by atoms with Gasteiger partial charge < -0.3 is 14.8 Å². The van der Waals surface area contributed by atoms with Gasteiger partial charge in [-0.05, 0) is 43.4 Å². The lowest BCUT2D eigenvalue weighted by atomic mass is 10.1. The van der Waals surface area contributed by atoms with Crippen molar-refractivity contribution in [3.8, 4) is 11.5 Å². The summed E-state index contributed by atoms with van der Waals surface area (Å²) in [5.41, 5.74) is 2.21. The number of amides is 1. The van der Waals surface area contributed by atoms with E-state index in [0.717, 1.165) is 27.8 Å². The van der Waals surface area contributed by atoms with Crippen LogP contribution in [0.3, 0.4) is 0 Å². The minimum absolute atomic E-state index is 0.121. The molecule has 0 aromatic heterocycles. The number of fused-ring (bicyclic) bond motifs is 1. The van der Waals surface area contributed by atoms with E-state index in [2.05, 4.69) is 23.5 Å². The second kappa shape index (κ2) is 9.27. The zero-order chi connectivity index (χ0) is 19.9. The lowest BCUT2D eigenvalue weighted by Crippen LogP contribution is -2.39. The Balaban J connectivity index is 1.52. The largest absolute Gasteiger partial charge is 0.491 e. The highest BCUT2D eigenvalue weighted by molar-refractivity contribution is 5.88. The molecule has 0 radical (unpaired) electrons. The van der Waals surface area contributed by atoms with Gasteiger partial charge in [0, 0.05) is 5.39 Å². The normalized spacial score (nSPS) is 11.8. The van der Waals surface area contributed by atoms with Crippen LogP contribution in [0.25, 0.3) is 10.8 Å². The first-order chi connectivity index (χ1) is 13.6. The maximum absolute atomic E-state index is 12.5. The van der Waals surface area contributed by atoms with Crippen LogP contribution in [0.2, 0.25) is 0 Å². The monoisotopic (exact) mass is 377 g/mol. The van der Waals surface area contributed by atoms with Gasteiger partial charge in [0.2, 0.25) is 0 Å². The summed E-state index contributed by atoms with van der Waals surface area (Å²) in [6, 6.07) is 20.0. The van der Waals surface area contributed by atoms with E-state index < -0.39 is 6.10 Å². The van der Waals surface area contributed by atoms with Crippen molar-refractivity contribution in [1.29, 1.82) is 0 Å². The average Bonchev–Trinajstić information content (AvgIpc) is 2.70. The maximum Gasteiger partial charge on any atom is 0.261 e. The number of rotatable bonds is 8. The molecular weight excluding hydrogens is 350 g/mol. The van der Waals surface area contributed by atoms with Gasteiger partial charge in [0.15, 0.2) is 6.10 Å². The molecule has 1 amide bonds.